The van der Waals surface area contributed by atoms with E-state index in [0.29, 0.717) is 31.9 Å². The third kappa shape index (κ3) is 4.48. The minimum absolute atomic E-state index is 0.0644. The predicted octanol–water partition coefficient (Wildman–Crippen LogP) is 2.70. The van der Waals surface area contributed by atoms with Gasteiger partial charge in [0.2, 0.25) is 0 Å². The fourth-order valence-corrected chi connectivity index (χ4v) is 3.30. The van der Waals surface area contributed by atoms with Crippen LogP contribution in [0.1, 0.15) is 52.8 Å². The molecule has 1 aliphatic rings. The highest BCUT2D eigenvalue weighted by atomic mass is 16.5. The average molecular weight is 373 g/mol. The Bertz CT molecular complexity index is 803. The van der Waals surface area contributed by atoms with Gasteiger partial charge in [-0.2, -0.15) is 5.10 Å². The maximum absolute atomic E-state index is 12.7. The molecular weight excluding hydrogens is 346 g/mol. The Morgan fingerprint density at radius 2 is 2.19 bits per heavy atom. The molecule has 0 saturated carbocycles. The van der Waals surface area contributed by atoms with Crippen molar-refractivity contribution in [1.29, 1.82) is 0 Å². The zero-order valence-corrected chi connectivity index (χ0v) is 16.3. The van der Waals surface area contributed by atoms with Crippen molar-refractivity contribution in [3.05, 3.63) is 46.3 Å². The van der Waals surface area contributed by atoms with Gasteiger partial charge in [-0.05, 0) is 32.4 Å². The fraction of sp³-hybridized carbons (Fsp3) is 0.500. The van der Waals surface area contributed by atoms with Crippen LogP contribution in [0, 0.1) is 6.92 Å². The van der Waals surface area contributed by atoms with E-state index in [2.05, 4.69) is 15.5 Å². The number of carbonyl (C=O) groups is 1. The lowest BCUT2D eigenvalue weighted by Crippen LogP contribution is -2.27. The number of H-pyrrole nitrogens is 1. The maximum Gasteiger partial charge on any atom is 0.272 e. The molecule has 0 spiro atoms. The second-order valence-electron chi connectivity index (χ2n) is 6.89. The van der Waals surface area contributed by atoms with Gasteiger partial charge in [0.05, 0.1) is 24.5 Å². The zero-order valence-electron chi connectivity index (χ0n) is 16.3. The Labute approximate surface area is 159 Å². The molecule has 3 rings (SSSR count). The first-order valence-corrected chi connectivity index (χ1v) is 9.21. The first-order valence-electron chi connectivity index (χ1n) is 9.21. The third-order valence-corrected chi connectivity index (χ3v) is 4.66. The zero-order chi connectivity index (χ0) is 19.4. The first kappa shape index (κ1) is 19.4. The molecule has 0 aliphatic carbocycles. The molecule has 2 aromatic rings. The lowest BCUT2D eigenvalue weighted by molar-refractivity contribution is -0.00697. The smallest absolute Gasteiger partial charge is 0.272 e. The summed E-state index contributed by atoms with van der Waals surface area (Å²) in [6, 6.07) is 5.94. The number of benzene rings is 1. The van der Waals surface area contributed by atoms with Crippen LogP contribution in [0.4, 0.5) is 0 Å². The number of aromatic nitrogens is 2. The van der Waals surface area contributed by atoms with Gasteiger partial charge >= 0.3 is 0 Å². The second-order valence-corrected chi connectivity index (χ2v) is 6.89. The maximum atomic E-state index is 12.7. The largest absolute Gasteiger partial charge is 0.491 e. The van der Waals surface area contributed by atoms with E-state index in [1.807, 2.05) is 39.0 Å². The Morgan fingerprint density at radius 3 is 2.96 bits per heavy atom. The molecule has 2 atom stereocenters. The molecule has 0 unspecified atom stereocenters. The number of carbonyl (C=O) groups excluding carboxylic acids is 1. The van der Waals surface area contributed by atoms with Crippen LogP contribution in [-0.2, 0) is 22.4 Å². The molecule has 7 heteroatoms. The van der Waals surface area contributed by atoms with E-state index >= 15 is 0 Å². The highest BCUT2D eigenvalue weighted by Crippen LogP contribution is 2.30. The topological polar surface area (TPSA) is 85.5 Å². The molecule has 27 heavy (non-hydrogen) atoms. The van der Waals surface area contributed by atoms with Crippen LogP contribution in [0.3, 0.4) is 0 Å². The summed E-state index contributed by atoms with van der Waals surface area (Å²) < 4.78 is 16.6. The molecule has 1 amide bonds. The van der Waals surface area contributed by atoms with Gasteiger partial charge in [0, 0.05) is 31.2 Å². The Hall–Kier alpha value is -2.38. The number of methoxy groups -OCH3 is 1. The van der Waals surface area contributed by atoms with Gasteiger partial charge in [0.1, 0.15) is 12.4 Å². The van der Waals surface area contributed by atoms with Crippen LogP contribution in [0.2, 0.25) is 0 Å². The van der Waals surface area contributed by atoms with Crippen molar-refractivity contribution in [3.8, 4) is 5.75 Å². The third-order valence-electron chi connectivity index (χ3n) is 4.66. The first-order chi connectivity index (χ1) is 13.0. The van der Waals surface area contributed by atoms with Gasteiger partial charge in [-0.1, -0.05) is 12.1 Å². The van der Waals surface area contributed by atoms with Crippen LogP contribution in [0.15, 0.2) is 18.2 Å². The number of nitrogens with zero attached hydrogens (tertiary/aromatic N) is 1. The summed E-state index contributed by atoms with van der Waals surface area (Å²) in [5.74, 6) is 0.560. The minimum Gasteiger partial charge on any atom is -0.491 e. The van der Waals surface area contributed by atoms with Crippen molar-refractivity contribution < 1.29 is 19.0 Å². The van der Waals surface area contributed by atoms with Gasteiger partial charge in [-0.3, -0.25) is 9.89 Å². The number of hydrogen-bond acceptors (Lipinski definition) is 5. The summed E-state index contributed by atoms with van der Waals surface area (Å²) >= 11 is 0. The number of fused-ring (bicyclic) bond motifs is 1. The minimum atomic E-state index is -0.197. The molecule has 0 fully saturated rings. The van der Waals surface area contributed by atoms with Crippen LogP contribution >= 0.6 is 0 Å². The van der Waals surface area contributed by atoms with Crippen molar-refractivity contribution in [2.75, 3.05) is 20.3 Å². The van der Waals surface area contributed by atoms with E-state index in [0.717, 1.165) is 28.1 Å². The lowest BCUT2D eigenvalue weighted by Gasteiger charge is -2.25. The molecule has 2 heterocycles. The van der Waals surface area contributed by atoms with E-state index in [1.165, 1.54) is 0 Å². The van der Waals surface area contributed by atoms with Gasteiger partial charge in [0.25, 0.3) is 5.91 Å². The molecule has 0 bridgehead atoms. The van der Waals surface area contributed by atoms with Crippen LogP contribution < -0.4 is 10.1 Å². The molecule has 2 N–H and O–H groups in total. The number of ether oxygens (including phenoxy) is 3. The number of nitrogens with one attached hydrogen (secondary N) is 2. The molecule has 1 aliphatic heterocycles. The number of amides is 1. The predicted molar refractivity (Wildman–Crippen MR) is 101 cm³/mol. The van der Waals surface area contributed by atoms with Crippen molar-refractivity contribution in [1.82, 2.24) is 15.5 Å². The quantitative estimate of drug-likeness (QED) is 0.729. The van der Waals surface area contributed by atoms with E-state index in [9.17, 15) is 4.79 Å². The van der Waals surface area contributed by atoms with Crippen LogP contribution in [-0.4, -0.2) is 42.5 Å². The summed E-state index contributed by atoms with van der Waals surface area (Å²) in [6.07, 6.45) is 0.652. The Morgan fingerprint density at radius 1 is 1.37 bits per heavy atom. The highest BCUT2D eigenvalue weighted by molar-refractivity contribution is 5.94. The van der Waals surface area contributed by atoms with Gasteiger partial charge in [0.15, 0.2) is 5.69 Å². The van der Waals surface area contributed by atoms with Gasteiger partial charge in [-0.15, -0.1) is 0 Å². The molecule has 1 aromatic heterocycles. The van der Waals surface area contributed by atoms with E-state index in [1.54, 1.807) is 7.11 Å². The molecule has 7 nitrogen and oxygen atoms in total. The molecule has 1 aromatic carbocycles. The number of rotatable bonds is 7. The highest BCUT2D eigenvalue weighted by Gasteiger charge is 2.29. The van der Waals surface area contributed by atoms with Gasteiger partial charge < -0.3 is 19.5 Å². The summed E-state index contributed by atoms with van der Waals surface area (Å²) in [4.78, 5) is 12.7. The summed E-state index contributed by atoms with van der Waals surface area (Å²) in [5, 5.41) is 10.1. The number of aryl methyl sites for hydroxylation is 1. The van der Waals surface area contributed by atoms with E-state index in [4.69, 9.17) is 14.2 Å². The lowest BCUT2D eigenvalue weighted by atomic mass is 9.99. The normalized spacial score (nSPS) is 18.8. The number of hydrogen-bond donors (Lipinski definition) is 2. The summed E-state index contributed by atoms with van der Waals surface area (Å²) in [6.45, 7) is 7.31. The summed E-state index contributed by atoms with van der Waals surface area (Å²) in [5.41, 5.74) is 4.29. The Balaban J connectivity index is 1.70. The fourth-order valence-electron chi connectivity index (χ4n) is 3.30. The second kappa shape index (κ2) is 8.54. The van der Waals surface area contributed by atoms with Crippen LogP contribution in [0.5, 0.6) is 5.75 Å². The van der Waals surface area contributed by atoms with Crippen LogP contribution in [0.25, 0.3) is 0 Å². The average Bonchev–Trinajstić information content (AvgIpc) is 3.05. The van der Waals surface area contributed by atoms with Crippen molar-refractivity contribution in [2.24, 2.45) is 0 Å². The summed E-state index contributed by atoms with van der Waals surface area (Å²) in [7, 11) is 1.64. The monoisotopic (exact) mass is 373 g/mol. The molecule has 146 valence electrons. The molecule has 0 saturated heterocycles. The van der Waals surface area contributed by atoms with Crippen molar-refractivity contribution in [3.63, 3.8) is 0 Å². The molecule has 0 radical (unpaired) electrons. The SMILES string of the molecule is COCCOc1cc(C)ccc1CNC(=O)c1n[nH]c2c1C[C@H](C)O[C@@H]2C. The van der Waals surface area contributed by atoms with E-state index < -0.39 is 0 Å². The molecular formula is C20H27N3O4. The van der Waals surface area contributed by atoms with Crippen molar-refractivity contribution in [2.45, 2.75) is 45.9 Å². The van der Waals surface area contributed by atoms with Crippen molar-refractivity contribution >= 4 is 5.91 Å². The standard InChI is InChI=1S/C20H27N3O4/c1-12-5-6-15(17(9-12)26-8-7-25-4)11-21-20(24)19-16-10-13(2)27-14(3)18(16)22-23-19/h5-6,9,13-14H,7-8,10-11H2,1-4H3,(H,21,24)(H,22,23)/t13-,14+/m0/s1. The Kier molecular flexibility index (Phi) is 6.13. The van der Waals surface area contributed by atoms with Gasteiger partial charge in [-0.25, -0.2) is 0 Å². The van der Waals surface area contributed by atoms with E-state index in [-0.39, 0.29) is 18.1 Å². The number of aromatic amines is 1.